The van der Waals surface area contributed by atoms with Crippen LogP contribution in [0.2, 0.25) is 0 Å². The average Bonchev–Trinajstić information content (AvgIpc) is 3.37. The van der Waals surface area contributed by atoms with Crippen molar-refractivity contribution in [1.82, 2.24) is 14.9 Å². The van der Waals surface area contributed by atoms with E-state index in [4.69, 9.17) is 4.74 Å². The van der Waals surface area contributed by atoms with E-state index < -0.39 is 0 Å². The third-order valence-electron chi connectivity index (χ3n) is 5.29. The zero-order valence-corrected chi connectivity index (χ0v) is 16.2. The van der Waals surface area contributed by atoms with Gasteiger partial charge in [-0.05, 0) is 37.8 Å². The first-order valence-corrected chi connectivity index (χ1v) is 10.7. The van der Waals surface area contributed by atoms with E-state index in [1.165, 1.54) is 24.6 Å². The number of nitrogens with one attached hydrogen (secondary N) is 1. The van der Waals surface area contributed by atoms with Crippen LogP contribution in [0.4, 0.5) is 0 Å². The standard InChI is InChI=1S/C20H25N3O3S/c24-18(21-14-6-1-2-7-14)13-27-20-22-17-10-4-3-9-16(17)19(25)23(20)12-15-8-5-11-26-15/h3-4,9-10,14-15H,1-2,5-8,11-13H2,(H,21,24)/t15-/m1/s1. The number of hydrogen-bond donors (Lipinski definition) is 1. The number of rotatable bonds is 6. The van der Waals surface area contributed by atoms with Crippen LogP contribution >= 0.6 is 11.8 Å². The molecule has 1 aromatic heterocycles. The maximum atomic E-state index is 13.0. The van der Waals surface area contributed by atoms with Crippen LogP contribution in [0, 0.1) is 0 Å². The lowest BCUT2D eigenvalue weighted by Gasteiger charge is -2.17. The summed E-state index contributed by atoms with van der Waals surface area (Å²) in [6, 6.07) is 7.68. The van der Waals surface area contributed by atoms with Crippen LogP contribution in [0.5, 0.6) is 0 Å². The summed E-state index contributed by atoms with van der Waals surface area (Å²) in [5.74, 6) is 0.283. The number of amides is 1. The average molecular weight is 388 g/mol. The molecule has 1 atom stereocenters. The number of fused-ring (bicyclic) bond motifs is 1. The Morgan fingerprint density at radius 3 is 2.81 bits per heavy atom. The van der Waals surface area contributed by atoms with Crippen molar-refractivity contribution in [2.45, 2.75) is 62.4 Å². The van der Waals surface area contributed by atoms with Crippen LogP contribution in [0.1, 0.15) is 38.5 Å². The van der Waals surface area contributed by atoms with E-state index in [1.807, 2.05) is 18.2 Å². The number of thioether (sulfide) groups is 1. The lowest BCUT2D eigenvalue weighted by molar-refractivity contribution is -0.119. The Kier molecular flexibility index (Phi) is 5.78. The maximum Gasteiger partial charge on any atom is 0.262 e. The summed E-state index contributed by atoms with van der Waals surface area (Å²) in [7, 11) is 0. The quantitative estimate of drug-likeness (QED) is 0.609. The molecule has 2 heterocycles. The zero-order chi connectivity index (χ0) is 18.6. The van der Waals surface area contributed by atoms with Gasteiger partial charge in [-0.15, -0.1) is 0 Å². The van der Waals surface area contributed by atoms with Gasteiger partial charge in [0.25, 0.3) is 5.56 Å². The van der Waals surface area contributed by atoms with Gasteiger partial charge >= 0.3 is 0 Å². The first-order chi connectivity index (χ1) is 13.2. The van der Waals surface area contributed by atoms with Crippen molar-refractivity contribution in [3.8, 4) is 0 Å². The second-order valence-corrected chi connectivity index (χ2v) is 8.24. The van der Waals surface area contributed by atoms with Gasteiger partial charge in [0.05, 0.1) is 29.3 Å². The van der Waals surface area contributed by atoms with Gasteiger partial charge in [0, 0.05) is 12.6 Å². The number of aromatic nitrogens is 2. The highest BCUT2D eigenvalue weighted by molar-refractivity contribution is 7.99. The number of benzene rings is 1. The third kappa shape index (κ3) is 4.35. The Morgan fingerprint density at radius 2 is 2.04 bits per heavy atom. The summed E-state index contributed by atoms with van der Waals surface area (Å²) in [6.45, 7) is 1.23. The molecule has 2 aromatic rings. The summed E-state index contributed by atoms with van der Waals surface area (Å²) >= 11 is 1.34. The van der Waals surface area contributed by atoms with Gasteiger partial charge in [-0.3, -0.25) is 14.2 Å². The van der Waals surface area contributed by atoms with Crippen molar-refractivity contribution >= 4 is 28.6 Å². The zero-order valence-electron chi connectivity index (χ0n) is 15.4. The molecule has 0 bridgehead atoms. The van der Waals surface area contributed by atoms with Crippen molar-refractivity contribution in [3.63, 3.8) is 0 Å². The van der Waals surface area contributed by atoms with Crippen LogP contribution in [0.25, 0.3) is 10.9 Å². The number of para-hydroxylation sites is 1. The Balaban J connectivity index is 1.55. The van der Waals surface area contributed by atoms with Crippen LogP contribution in [-0.2, 0) is 16.1 Å². The Labute approximate surface area is 162 Å². The molecule has 27 heavy (non-hydrogen) atoms. The molecule has 1 aromatic carbocycles. The SMILES string of the molecule is O=C(CSc1nc2ccccc2c(=O)n1C[C@H]1CCCO1)NC1CCCC1. The Morgan fingerprint density at radius 1 is 1.22 bits per heavy atom. The minimum absolute atomic E-state index is 0.0120. The third-order valence-corrected chi connectivity index (χ3v) is 6.27. The normalized spacial score (nSPS) is 20.4. The fourth-order valence-electron chi connectivity index (χ4n) is 3.88. The molecule has 1 aliphatic carbocycles. The van der Waals surface area contributed by atoms with E-state index in [9.17, 15) is 9.59 Å². The number of hydrogen-bond acceptors (Lipinski definition) is 5. The highest BCUT2D eigenvalue weighted by Gasteiger charge is 2.21. The summed E-state index contributed by atoms with van der Waals surface area (Å²) in [6.07, 6.45) is 6.51. The molecule has 1 aliphatic heterocycles. The van der Waals surface area contributed by atoms with Gasteiger partial charge in [-0.1, -0.05) is 36.7 Å². The fraction of sp³-hybridized carbons (Fsp3) is 0.550. The fourth-order valence-corrected chi connectivity index (χ4v) is 4.70. The molecular weight excluding hydrogens is 362 g/mol. The lowest BCUT2D eigenvalue weighted by Crippen LogP contribution is -2.34. The molecule has 0 unspecified atom stereocenters. The Bertz CT molecular complexity index is 870. The summed E-state index contributed by atoms with van der Waals surface area (Å²) in [5.41, 5.74) is 0.611. The van der Waals surface area contributed by atoms with Crippen LogP contribution in [0.15, 0.2) is 34.2 Å². The topological polar surface area (TPSA) is 73.2 Å². The largest absolute Gasteiger partial charge is 0.376 e. The van der Waals surface area contributed by atoms with Crippen molar-refractivity contribution in [2.24, 2.45) is 0 Å². The minimum Gasteiger partial charge on any atom is -0.376 e. The second-order valence-electron chi connectivity index (χ2n) is 7.30. The summed E-state index contributed by atoms with van der Waals surface area (Å²) in [4.78, 5) is 30.0. The van der Waals surface area contributed by atoms with E-state index in [-0.39, 0.29) is 23.3 Å². The molecule has 4 rings (SSSR count). The predicted octanol–water partition coefficient (Wildman–Crippen LogP) is 2.73. The maximum absolute atomic E-state index is 13.0. The molecule has 0 radical (unpaired) electrons. The highest BCUT2D eigenvalue weighted by Crippen LogP contribution is 2.22. The predicted molar refractivity (Wildman–Crippen MR) is 106 cm³/mol. The number of ether oxygens (including phenoxy) is 1. The number of nitrogens with zero attached hydrogens (tertiary/aromatic N) is 2. The van der Waals surface area contributed by atoms with E-state index in [0.29, 0.717) is 28.6 Å². The summed E-state index contributed by atoms with van der Waals surface area (Å²) < 4.78 is 7.40. The monoisotopic (exact) mass is 387 g/mol. The molecule has 0 spiro atoms. The van der Waals surface area contributed by atoms with Crippen molar-refractivity contribution in [2.75, 3.05) is 12.4 Å². The van der Waals surface area contributed by atoms with E-state index in [0.717, 1.165) is 32.3 Å². The molecular formula is C20H25N3O3S. The van der Waals surface area contributed by atoms with Gasteiger partial charge in [0.15, 0.2) is 5.16 Å². The molecule has 1 N–H and O–H groups in total. The molecule has 2 fully saturated rings. The smallest absolute Gasteiger partial charge is 0.262 e. The van der Waals surface area contributed by atoms with Gasteiger partial charge in [-0.2, -0.15) is 0 Å². The van der Waals surface area contributed by atoms with E-state index >= 15 is 0 Å². The van der Waals surface area contributed by atoms with E-state index in [1.54, 1.807) is 10.6 Å². The number of carbonyl (C=O) groups excluding carboxylic acids is 1. The minimum atomic E-state index is -0.0604. The molecule has 1 amide bonds. The van der Waals surface area contributed by atoms with Crippen molar-refractivity contribution in [3.05, 3.63) is 34.6 Å². The van der Waals surface area contributed by atoms with Crippen molar-refractivity contribution < 1.29 is 9.53 Å². The van der Waals surface area contributed by atoms with Gasteiger partial charge in [0.1, 0.15) is 0 Å². The second kappa shape index (κ2) is 8.44. The first kappa shape index (κ1) is 18.5. The van der Waals surface area contributed by atoms with E-state index in [2.05, 4.69) is 10.3 Å². The highest BCUT2D eigenvalue weighted by atomic mass is 32.2. The molecule has 1 saturated heterocycles. The van der Waals surface area contributed by atoms with Gasteiger partial charge in [-0.25, -0.2) is 4.98 Å². The molecule has 144 valence electrons. The van der Waals surface area contributed by atoms with Crippen molar-refractivity contribution in [1.29, 1.82) is 0 Å². The first-order valence-electron chi connectivity index (χ1n) is 9.74. The van der Waals surface area contributed by atoms with Crippen LogP contribution in [-0.4, -0.2) is 40.0 Å². The lowest BCUT2D eigenvalue weighted by atomic mass is 10.2. The van der Waals surface area contributed by atoms with Gasteiger partial charge in [0.2, 0.25) is 5.91 Å². The number of carbonyl (C=O) groups is 1. The Hall–Kier alpha value is -1.86. The molecule has 2 aliphatic rings. The molecule has 7 heteroatoms. The molecule has 1 saturated carbocycles. The summed E-state index contributed by atoms with van der Waals surface area (Å²) in [5, 5.41) is 4.29. The van der Waals surface area contributed by atoms with Crippen LogP contribution in [0.3, 0.4) is 0 Å². The van der Waals surface area contributed by atoms with Crippen LogP contribution < -0.4 is 10.9 Å². The van der Waals surface area contributed by atoms with Gasteiger partial charge < -0.3 is 10.1 Å². The molecule has 6 nitrogen and oxygen atoms in total.